The maximum absolute atomic E-state index is 12.2. The first kappa shape index (κ1) is 16.0. The second-order valence-electron chi connectivity index (χ2n) is 5.74. The van der Waals surface area contributed by atoms with Gasteiger partial charge >= 0.3 is 5.97 Å². The van der Waals surface area contributed by atoms with Gasteiger partial charge in [0.15, 0.2) is 0 Å². The molecule has 0 bridgehead atoms. The second kappa shape index (κ2) is 5.53. The smallest absolute Gasteiger partial charge is 0.311 e. The van der Waals surface area contributed by atoms with Crippen molar-refractivity contribution < 1.29 is 19.4 Å². The quantitative estimate of drug-likeness (QED) is 0.867. The molecule has 20 heavy (non-hydrogen) atoms. The minimum Gasteiger partial charge on any atom is -0.497 e. The van der Waals surface area contributed by atoms with E-state index in [-0.39, 0.29) is 5.91 Å². The molecule has 0 unspecified atom stereocenters. The molecule has 0 aromatic heterocycles. The number of carboxylic acid groups (broad SMARTS) is 1. The number of carbonyl (C=O) groups excluding carboxylic acids is 1. The van der Waals surface area contributed by atoms with Crippen molar-refractivity contribution in [2.45, 2.75) is 33.2 Å². The Hall–Kier alpha value is -2.04. The SMILES string of the molecule is COc1cccc(C(=O)NC(C)(C)C(C)(C)C(=O)O)c1. The lowest BCUT2D eigenvalue weighted by molar-refractivity contribution is -0.150. The zero-order chi connectivity index (χ0) is 15.6. The molecule has 0 aliphatic carbocycles. The summed E-state index contributed by atoms with van der Waals surface area (Å²) >= 11 is 0. The average molecular weight is 279 g/mol. The summed E-state index contributed by atoms with van der Waals surface area (Å²) in [5.41, 5.74) is -1.57. The number of benzene rings is 1. The molecule has 1 aromatic rings. The van der Waals surface area contributed by atoms with Gasteiger partial charge in [0.25, 0.3) is 5.91 Å². The number of hydrogen-bond donors (Lipinski definition) is 2. The molecule has 0 fully saturated rings. The summed E-state index contributed by atoms with van der Waals surface area (Å²) < 4.78 is 5.07. The maximum atomic E-state index is 12.2. The van der Waals surface area contributed by atoms with Crippen LogP contribution in [0.4, 0.5) is 0 Å². The third kappa shape index (κ3) is 3.10. The minimum absolute atomic E-state index is 0.330. The summed E-state index contributed by atoms with van der Waals surface area (Å²) in [6, 6.07) is 6.72. The van der Waals surface area contributed by atoms with Crippen LogP contribution in [0.25, 0.3) is 0 Å². The van der Waals surface area contributed by atoms with Gasteiger partial charge in [-0.05, 0) is 45.9 Å². The first-order chi connectivity index (χ1) is 9.11. The number of hydrogen-bond acceptors (Lipinski definition) is 3. The number of carbonyl (C=O) groups is 2. The Labute approximate surface area is 118 Å². The van der Waals surface area contributed by atoms with Crippen LogP contribution in [0.5, 0.6) is 5.75 Å². The van der Waals surface area contributed by atoms with E-state index in [4.69, 9.17) is 4.74 Å². The fourth-order valence-electron chi connectivity index (χ4n) is 1.54. The Morgan fingerprint density at radius 3 is 2.30 bits per heavy atom. The zero-order valence-electron chi connectivity index (χ0n) is 12.5. The van der Waals surface area contributed by atoms with E-state index in [0.717, 1.165) is 0 Å². The molecule has 1 aromatic carbocycles. The molecule has 1 rings (SSSR count). The number of rotatable bonds is 5. The lowest BCUT2D eigenvalue weighted by Crippen LogP contribution is -2.56. The maximum Gasteiger partial charge on any atom is 0.311 e. The Morgan fingerprint density at radius 1 is 1.20 bits per heavy atom. The van der Waals surface area contributed by atoms with Gasteiger partial charge < -0.3 is 15.2 Å². The van der Waals surface area contributed by atoms with Crippen molar-refractivity contribution in [1.29, 1.82) is 0 Å². The summed E-state index contributed by atoms with van der Waals surface area (Å²) in [7, 11) is 1.52. The topological polar surface area (TPSA) is 75.6 Å². The molecule has 5 heteroatoms. The Morgan fingerprint density at radius 2 is 1.80 bits per heavy atom. The van der Waals surface area contributed by atoms with Gasteiger partial charge in [-0.15, -0.1) is 0 Å². The lowest BCUT2D eigenvalue weighted by Gasteiger charge is -2.38. The number of aliphatic carboxylic acids is 1. The predicted octanol–water partition coefficient (Wildman–Crippen LogP) is 2.31. The molecule has 110 valence electrons. The number of amides is 1. The Bertz CT molecular complexity index is 520. The molecule has 0 spiro atoms. The molecule has 0 radical (unpaired) electrons. The van der Waals surface area contributed by atoms with E-state index in [2.05, 4.69) is 5.32 Å². The summed E-state index contributed by atoms with van der Waals surface area (Å²) in [6.07, 6.45) is 0. The fourth-order valence-corrected chi connectivity index (χ4v) is 1.54. The molecule has 0 aliphatic rings. The van der Waals surface area contributed by atoms with Crippen molar-refractivity contribution in [2.75, 3.05) is 7.11 Å². The molecule has 0 heterocycles. The third-order valence-electron chi connectivity index (χ3n) is 3.86. The summed E-state index contributed by atoms with van der Waals surface area (Å²) in [5.74, 6) is -0.718. The molecule has 1 amide bonds. The van der Waals surface area contributed by atoms with Crippen LogP contribution < -0.4 is 10.1 Å². The van der Waals surface area contributed by atoms with Crippen molar-refractivity contribution in [3.05, 3.63) is 29.8 Å². The van der Waals surface area contributed by atoms with Crippen LogP contribution in [0.1, 0.15) is 38.1 Å². The molecule has 5 nitrogen and oxygen atoms in total. The van der Waals surface area contributed by atoms with Crippen molar-refractivity contribution in [3.8, 4) is 5.75 Å². The van der Waals surface area contributed by atoms with Gasteiger partial charge in [0, 0.05) is 5.56 Å². The summed E-state index contributed by atoms with van der Waals surface area (Å²) in [5, 5.41) is 12.0. The van der Waals surface area contributed by atoms with Crippen LogP contribution >= 0.6 is 0 Å². The van der Waals surface area contributed by atoms with E-state index in [1.54, 1.807) is 52.0 Å². The highest BCUT2D eigenvalue weighted by atomic mass is 16.5. The predicted molar refractivity (Wildman–Crippen MR) is 76.0 cm³/mol. The largest absolute Gasteiger partial charge is 0.497 e. The molecule has 0 saturated heterocycles. The van der Waals surface area contributed by atoms with Crippen LogP contribution in [-0.2, 0) is 4.79 Å². The van der Waals surface area contributed by atoms with E-state index in [9.17, 15) is 14.7 Å². The third-order valence-corrected chi connectivity index (χ3v) is 3.86. The van der Waals surface area contributed by atoms with Crippen LogP contribution in [-0.4, -0.2) is 29.6 Å². The van der Waals surface area contributed by atoms with Crippen molar-refractivity contribution in [3.63, 3.8) is 0 Å². The van der Waals surface area contributed by atoms with Crippen LogP contribution in [0.15, 0.2) is 24.3 Å². The van der Waals surface area contributed by atoms with Gasteiger partial charge in [0.2, 0.25) is 0 Å². The summed E-state index contributed by atoms with van der Waals surface area (Å²) in [6.45, 7) is 6.56. The highest BCUT2D eigenvalue weighted by Gasteiger charge is 2.44. The average Bonchev–Trinajstić information content (AvgIpc) is 2.37. The van der Waals surface area contributed by atoms with Gasteiger partial charge in [-0.1, -0.05) is 6.07 Å². The normalized spacial score (nSPS) is 11.8. The van der Waals surface area contributed by atoms with Gasteiger partial charge in [0.05, 0.1) is 18.1 Å². The van der Waals surface area contributed by atoms with E-state index >= 15 is 0 Å². The monoisotopic (exact) mass is 279 g/mol. The molecular weight excluding hydrogens is 258 g/mol. The van der Waals surface area contributed by atoms with Gasteiger partial charge in [-0.3, -0.25) is 9.59 Å². The van der Waals surface area contributed by atoms with Gasteiger partial charge in [-0.2, -0.15) is 0 Å². The zero-order valence-corrected chi connectivity index (χ0v) is 12.5. The summed E-state index contributed by atoms with van der Waals surface area (Å²) in [4.78, 5) is 23.6. The first-order valence-electron chi connectivity index (χ1n) is 6.32. The molecule has 2 N–H and O–H groups in total. The van der Waals surface area contributed by atoms with Crippen LogP contribution in [0.2, 0.25) is 0 Å². The number of carboxylic acids is 1. The second-order valence-corrected chi connectivity index (χ2v) is 5.74. The fraction of sp³-hybridized carbons (Fsp3) is 0.467. The van der Waals surface area contributed by atoms with Crippen LogP contribution in [0, 0.1) is 5.41 Å². The minimum atomic E-state index is -1.10. The molecule has 0 saturated carbocycles. The van der Waals surface area contributed by atoms with Crippen molar-refractivity contribution in [2.24, 2.45) is 5.41 Å². The van der Waals surface area contributed by atoms with E-state index in [1.165, 1.54) is 7.11 Å². The van der Waals surface area contributed by atoms with E-state index in [1.807, 2.05) is 0 Å². The molecular formula is C15H21NO4. The highest BCUT2D eigenvalue weighted by molar-refractivity contribution is 5.95. The number of nitrogens with one attached hydrogen (secondary N) is 1. The number of ether oxygens (including phenoxy) is 1. The Kier molecular flexibility index (Phi) is 4.43. The highest BCUT2D eigenvalue weighted by Crippen LogP contribution is 2.31. The van der Waals surface area contributed by atoms with Crippen LogP contribution in [0.3, 0.4) is 0 Å². The standard InChI is InChI=1S/C15H21NO4/c1-14(2,13(18)19)15(3,4)16-12(17)10-7-6-8-11(9-10)20-5/h6-9H,1-5H3,(H,16,17)(H,18,19). The molecule has 0 atom stereocenters. The number of methoxy groups -OCH3 is 1. The molecule has 0 aliphatic heterocycles. The Balaban J connectivity index is 2.97. The van der Waals surface area contributed by atoms with Gasteiger partial charge in [-0.25, -0.2) is 0 Å². The van der Waals surface area contributed by atoms with Crippen molar-refractivity contribution >= 4 is 11.9 Å². The lowest BCUT2D eigenvalue weighted by atomic mass is 9.74. The van der Waals surface area contributed by atoms with E-state index < -0.39 is 16.9 Å². The van der Waals surface area contributed by atoms with Gasteiger partial charge in [0.1, 0.15) is 5.75 Å². The van der Waals surface area contributed by atoms with E-state index in [0.29, 0.717) is 11.3 Å². The van der Waals surface area contributed by atoms with Crippen molar-refractivity contribution in [1.82, 2.24) is 5.32 Å². The first-order valence-corrected chi connectivity index (χ1v) is 6.32.